The molecule has 0 spiro atoms. The maximum absolute atomic E-state index is 9.28. The van der Waals surface area contributed by atoms with Gasteiger partial charge in [-0.05, 0) is 98.3 Å². The Morgan fingerprint density at radius 3 is 1.82 bits per heavy atom. The molecular weight excluding hydrogens is 1090 g/mol. The maximum atomic E-state index is 9.28. The summed E-state index contributed by atoms with van der Waals surface area (Å²) in [7, 11) is 0. The van der Waals surface area contributed by atoms with Gasteiger partial charge in [0.1, 0.15) is 17.3 Å². The number of fused-ring (bicyclic) bond motifs is 4. The van der Waals surface area contributed by atoms with Gasteiger partial charge in [0.25, 0.3) is 0 Å². The normalized spacial score (nSPS) is 14.4. The van der Waals surface area contributed by atoms with Crippen LogP contribution in [-0.2, 0) is 26.5 Å². The summed E-state index contributed by atoms with van der Waals surface area (Å²) in [5, 5.41) is 1.95. The fourth-order valence-electron chi connectivity index (χ4n) is 9.60. The molecule has 11 rings (SSSR count). The molecule has 6 nitrogen and oxygen atoms in total. The first-order valence-electron chi connectivity index (χ1n) is 29.8. The molecule has 10 aromatic rings. The van der Waals surface area contributed by atoms with E-state index in [2.05, 4.69) is 82.5 Å². The van der Waals surface area contributed by atoms with Crippen molar-refractivity contribution in [2.45, 2.75) is 85.5 Å². The van der Waals surface area contributed by atoms with E-state index in [4.69, 9.17) is 22.7 Å². The van der Waals surface area contributed by atoms with Gasteiger partial charge < -0.3 is 23.8 Å². The summed E-state index contributed by atoms with van der Waals surface area (Å²) in [5.74, 6) is 3.74. The van der Waals surface area contributed by atoms with Crippen molar-refractivity contribution in [3.05, 3.63) is 223 Å². The Kier molecular flexibility index (Phi) is 10.8. The summed E-state index contributed by atoms with van der Waals surface area (Å²) in [6, 6.07) is 38.8. The van der Waals surface area contributed by atoms with Gasteiger partial charge in [-0.25, -0.2) is 4.98 Å². The van der Waals surface area contributed by atoms with Crippen molar-refractivity contribution in [1.29, 1.82) is 0 Å². The summed E-state index contributed by atoms with van der Waals surface area (Å²) < 4.78 is 105. The van der Waals surface area contributed by atoms with Crippen molar-refractivity contribution in [3.63, 3.8) is 0 Å². The van der Waals surface area contributed by atoms with Crippen molar-refractivity contribution in [3.8, 4) is 51.1 Å². The van der Waals surface area contributed by atoms with E-state index in [0.717, 1.165) is 38.7 Å². The minimum Gasteiger partial charge on any atom is -0.509 e. The molecule has 374 valence electrons. The van der Waals surface area contributed by atoms with E-state index in [9.17, 15) is 5.48 Å². The first-order valence-corrected chi connectivity index (χ1v) is 24.8. The molecule has 3 heterocycles. The van der Waals surface area contributed by atoms with Crippen molar-refractivity contribution < 1.29 is 44.2 Å². The van der Waals surface area contributed by atoms with Crippen molar-refractivity contribution in [2.24, 2.45) is 0 Å². The second-order valence-corrected chi connectivity index (χ2v) is 20.4. The molecule has 1 aliphatic heterocycles. The van der Waals surface area contributed by atoms with Gasteiger partial charge in [0.15, 0.2) is 0 Å². The third kappa shape index (κ3) is 9.53. The Morgan fingerprint density at radius 1 is 0.595 bits per heavy atom. The predicted molar refractivity (Wildman–Crippen MR) is 303 cm³/mol. The van der Waals surface area contributed by atoms with Crippen molar-refractivity contribution in [1.82, 2.24) is 9.55 Å². The number of rotatable bonds is 12. The van der Waals surface area contributed by atoms with Crippen LogP contribution < -0.4 is 19.3 Å². The van der Waals surface area contributed by atoms with Crippen molar-refractivity contribution in [2.75, 3.05) is 9.80 Å². The second-order valence-electron chi connectivity index (χ2n) is 20.4. The van der Waals surface area contributed by atoms with E-state index in [-0.39, 0.29) is 60.8 Å². The molecule has 2 aromatic heterocycles. The van der Waals surface area contributed by atoms with Gasteiger partial charge >= 0.3 is 0 Å². The van der Waals surface area contributed by atoms with Crippen LogP contribution in [0.4, 0.5) is 22.7 Å². The van der Waals surface area contributed by atoms with Crippen LogP contribution in [0.2, 0.25) is 0 Å². The fourth-order valence-corrected chi connectivity index (χ4v) is 9.60. The smallest absolute Gasteiger partial charge is 0.139 e. The Bertz CT molecular complexity index is 4090. The molecule has 0 bridgehead atoms. The first-order chi connectivity index (χ1) is 39.4. The van der Waals surface area contributed by atoms with Gasteiger partial charge in [-0.3, -0.25) is 0 Å². The SMILES string of the molecule is [2H]c1c([2H])c([2H])c(-c2cc(C(C)(C)C)cc(-c3c([2H])c([2H])c([2H])c([2H])c3[2H])c2N2[CH-]N(c3[c-]c(Oc4[c-]c5c(cc4)c4ccccc4n5-c4cc(Oc5c(C(C)C)cc(C(C)C)cc5C(C)C)ccn4)ccc3)c3ccccc32)c([2H])c1[2H].[Pt]. The van der Waals surface area contributed by atoms with Crippen LogP contribution in [0.3, 0.4) is 0 Å². The Balaban J connectivity index is 0.00000786. The van der Waals surface area contributed by atoms with Crippen LogP contribution in [0, 0.1) is 18.8 Å². The Labute approximate surface area is 465 Å². The summed E-state index contributed by atoms with van der Waals surface area (Å²) in [6.07, 6.45) is 1.77. The summed E-state index contributed by atoms with van der Waals surface area (Å²) in [6.45, 7) is 20.8. The number of para-hydroxylation sites is 3. The number of hydrogen-bond donors (Lipinski definition) is 0. The molecule has 0 amide bonds. The number of ether oxygens (including phenoxy) is 2. The third-order valence-corrected chi connectivity index (χ3v) is 13.4. The zero-order chi connectivity index (χ0) is 59.2. The summed E-state index contributed by atoms with van der Waals surface area (Å²) in [5.41, 5.74) is 7.40. The van der Waals surface area contributed by atoms with E-state index in [1.54, 1.807) is 36.0 Å². The van der Waals surface area contributed by atoms with Crippen LogP contribution in [0.5, 0.6) is 23.0 Å². The zero-order valence-corrected chi connectivity index (χ0v) is 45.1. The van der Waals surface area contributed by atoms with Gasteiger partial charge in [0.05, 0.1) is 13.7 Å². The van der Waals surface area contributed by atoms with Crippen LogP contribution in [0.25, 0.3) is 49.9 Å². The number of pyridine rings is 1. The van der Waals surface area contributed by atoms with E-state index in [0.29, 0.717) is 51.6 Å². The van der Waals surface area contributed by atoms with Crippen LogP contribution >= 0.6 is 0 Å². The standard InChI is InChI=1S/C67H61N4O2.Pt/c1-43(2)48-35-56(44(3)4)66(57(36-48)45(5)6)73-53-33-34-68-64(41-53)71-60-28-17-16-27-54(60)55-32-31-52(40-63(55)71)72-51-26-20-25-50(39-51)69-42-70(62-30-19-18-29-61(62)69)65-58(46-21-12-10-13-22-46)37-49(67(7,8)9)38-59(65)47-23-14-11-15-24-47;/h10-38,41-45H,1-9H3;/q-3;/i10D,11D,12D,13D,14D,15D,21D,22D,23D,24D;. The molecule has 7 heteroatoms. The molecular formula is C67H61N4O2Pt-3. The monoisotopic (exact) mass is 1160 g/mol. The fraction of sp³-hybridized carbons (Fsp3) is 0.194. The molecule has 8 aromatic carbocycles. The average molecular weight is 1160 g/mol. The first kappa shape index (κ1) is 39.1. The molecule has 0 saturated carbocycles. The van der Waals surface area contributed by atoms with Crippen LogP contribution in [0.1, 0.15) is 116 Å². The molecule has 0 aliphatic carbocycles. The third-order valence-electron chi connectivity index (χ3n) is 13.4. The van der Waals surface area contributed by atoms with Crippen LogP contribution in [-0.4, -0.2) is 9.55 Å². The Hall–Kier alpha value is -7.40. The van der Waals surface area contributed by atoms with Gasteiger partial charge in [-0.1, -0.05) is 171 Å². The van der Waals surface area contributed by atoms with Gasteiger partial charge in [0.2, 0.25) is 0 Å². The van der Waals surface area contributed by atoms with Gasteiger partial charge in [-0.15, -0.1) is 48.1 Å². The molecule has 0 saturated heterocycles. The molecule has 1 aliphatic rings. The molecule has 0 N–H and O–H groups in total. The van der Waals surface area contributed by atoms with E-state index >= 15 is 0 Å². The minimum absolute atomic E-state index is 0. The Morgan fingerprint density at radius 2 is 1.20 bits per heavy atom. The summed E-state index contributed by atoms with van der Waals surface area (Å²) in [4.78, 5) is 8.56. The number of hydrogen-bond acceptors (Lipinski definition) is 5. The number of benzene rings is 8. The predicted octanol–water partition coefficient (Wildman–Crippen LogP) is 18.8. The quantitative estimate of drug-likeness (QED) is 0.114. The van der Waals surface area contributed by atoms with E-state index in [1.165, 1.54) is 5.56 Å². The maximum Gasteiger partial charge on any atom is 0.139 e. The van der Waals surface area contributed by atoms with E-state index < -0.39 is 65.8 Å². The van der Waals surface area contributed by atoms with Gasteiger partial charge in [0, 0.05) is 78.5 Å². The minimum atomic E-state index is -0.636. The van der Waals surface area contributed by atoms with Gasteiger partial charge in [-0.2, -0.15) is 12.1 Å². The zero-order valence-electron chi connectivity index (χ0n) is 52.8. The van der Waals surface area contributed by atoms with Crippen molar-refractivity contribution >= 4 is 44.6 Å². The molecule has 0 radical (unpaired) electrons. The molecule has 0 atom stereocenters. The molecule has 0 fully saturated rings. The van der Waals surface area contributed by atoms with Crippen LogP contribution in [0.15, 0.2) is 182 Å². The number of nitrogens with zero attached hydrogens (tertiary/aromatic N) is 4. The number of anilines is 4. The molecule has 74 heavy (non-hydrogen) atoms. The largest absolute Gasteiger partial charge is 0.509 e. The van der Waals surface area contributed by atoms with E-state index in [1.807, 2.05) is 98.5 Å². The average Bonchev–Trinajstić information content (AvgIpc) is 1.53. The number of aromatic nitrogens is 2. The second kappa shape index (κ2) is 20.5. The topological polar surface area (TPSA) is 42.8 Å². The molecule has 0 unspecified atom stereocenters. The summed E-state index contributed by atoms with van der Waals surface area (Å²) >= 11 is 0.